The van der Waals surface area contributed by atoms with Crippen LogP contribution in [0.25, 0.3) is 0 Å². The Morgan fingerprint density at radius 3 is 2.38 bits per heavy atom. The third-order valence-corrected chi connectivity index (χ3v) is 4.62. The van der Waals surface area contributed by atoms with Crippen LogP contribution in [0, 0.1) is 0 Å². The molecule has 3 aromatic rings. The molecule has 0 bridgehead atoms. The van der Waals surface area contributed by atoms with E-state index in [1.807, 2.05) is 62.5 Å². The van der Waals surface area contributed by atoms with Gasteiger partial charge in [-0.1, -0.05) is 18.2 Å². The van der Waals surface area contributed by atoms with Crippen LogP contribution < -0.4 is 19.9 Å². The highest BCUT2D eigenvalue weighted by atomic mass is 16.5. The summed E-state index contributed by atoms with van der Waals surface area (Å²) >= 11 is 0. The number of ether oxygens (including phenoxy) is 1. The molecule has 150 valence electrons. The Kier molecular flexibility index (Phi) is 5.69. The quantitative estimate of drug-likeness (QED) is 0.687. The smallest absolute Gasteiger partial charge is 0.249 e. The van der Waals surface area contributed by atoms with Gasteiger partial charge in [-0.3, -0.25) is 0 Å². The number of pyridine rings is 1. The number of nitrogens with one attached hydrogen (secondary N) is 1. The highest BCUT2D eigenvalue weighted by molar-refractivity contribution is 5.62. The van der Waals surface area contributed by atoms with Crippen LogP contribution in [0.5, 0.6) is 5.75 Å². The van der Waals surface area contributed by atoms with Crippen molar-refractivity contribution in [2.45, 2.75) is 20.0 Å². The van der Waals surface area contributed by atoms with Crippen LogP contribution in [0.15, 0.2) is 54.9 Å². The lowest BCUT2D eigenvalue weighted by Crippen LogP contribution is -2.47. The number of para-hydroxylation sites is 2. The maximum atomic E-state index is 5.86. The van der Waals surface area contributed by atoms with Crippen molar-refractivity contribution >= 4 is 23.3 Å². The van der Waals surface area contributed by atoms with E-state index in [2.05, 4.69) is 35.3 Å². The van der Waals surface area contributed by atoms with Crippen LogP contribution in [-0.4, -0.2) is 52.4 Å². The number of nitrogens with zero attached hydrogens (tertiary/aromatic N) is 6. The van der Waals surface area contributed by atoms with Gasteiger partial charge in [0.1, 0.15) is 11.6 Å². The van der Waals surface area contributed by atoms with Crippen LogP contribution in [-0.2, 0) is 0 Å². The van der Waals surface area contributed by atoms with Crippen molar-refractivity contribution in [2.75, 3.05) is 41.3 Å². The van der Waals surface area contributed by atoms with E-state index in [9.17, 15) is 0 Å². The predicted molar refractivity (Wildman–Crippen MR) is 114 cm³/mol. The third kappa shape index (κ3) is 4.71. The highest BCUT2D eigenvalue weighted by Gasteiger charge is 2.20. The molecule has 0 spiro atoms. The SMILES string of the molecule is CC(C)Oc1ccccc1Nc1nncc(N2CCN(c3ccccn3)CC2)n1. The van der Waals surface area contributed by atoms with Crippen molar-refractivity contribution < 1.29 is 4.74 Å². The second-order valence-electron chi connectivity index (χ2n) is 7.09. The third-order valence-electron chi connectivity index (χ3n) is 4.62. The summed E-state index contributed by atoms with van der Waals surface area (Å²) in [5, 5.41) is 11.5. The molecule has 2 aromatic heterocycles. The second-order valence-corrected chi connectivity index (χ2v) is 7.09. The maximum Gasteiger partial charge on any atom is 0.249 e. The first-order valence-electron chi connectivity index (χ1n) is 9.82. The van der Waals surface area contributed by atoms with Crippen LogP contribution >= 0.6 is 0 Å². The molecule has 1 N–H and O–H groups in total. The Morgan fingerprint density at radius 2 is 1.66 bits per heavy atom. The number of aromatic nitrogens is 4. The molecule has 3 heterocycles. The summed E-state index contributed by atoms with van der Waals surface area (Å²) < 4.78 is 5.86. The Morgan fingerprint density at radius 1 is 0.931 bits per heavy atom. The van der Waals surface area contributed by atoms with Gasteiger partial charge in [0.15, 0.2) is 5.82 Å². The summed E-state index contributed by atoms with van der Waals surface area (Å²) in [6, 6.07) is 13.8. The van der Waals surface area contributed by atoms with Gasteiger partial charge in [-0.05, 0) is 38.1 Å². The number of anilines is 4. The Bertz CT molecular complexity index is 927. The first-order chi connectivity index (χ1) is 14.2. The lowest BCUT2D eigenvalue weighted by Gasteiger charge is -2.35. The summed E-state index contributed by atoms with van der Waals surface area (Å²) in [5.41, 5.74) is 0.820. The minimum absolute atomic E-state index is 0.0822. The molecule has 8 heteroatoms. The summed E-state index contributed by atoms with van der Waals surface area (Å²) in [4.78, 5) is 13.6. The molecule has 1 aliphatic heterocycles. The van der Waals surface area contributed by atoms with Crippen LogP contribution in [0.2, 0.25) is 0 Å². The number of piperazine rings is 1. The van der Waals surface area contributed by atoms with Gasteiger partial charge in [-0.2, -0.15) is 10.1 Å². The van der Waals surface area contributed by atoms with E-state index in [4.69, 9.17) is 4.74 Å². The van der Waals surface area contributed by atoms with Gasteiger partial charge in [-0.25, -0.2) is 4.98 Å². The molecule has 0 amide bonds. The van der Waals surface area contributed by atoms with E-state index in [1.165, 1.54) is 0 Å². The maximum absolute atomic E-state index is 5.86. The molecule has 0 unspecified atom stereocenters. The van der Waals surface area contributed by atoms with Crippen LogP contribution in [0.4, 0.5) is 23.3 Å². The molecule has 1 aromatic carbocycles. The second kappa shape index (κ2) is 8.72. The Hall–Kier alpha value is -3.42. The molecule has 8 nitrogen and oxygen atoms in total. The fourth-order valence-corrected chi connectivity index (χ4v) is 3.25. The van der Waals surface area contributed by atoms with Crippen molar-refractivity contribution in [2.24, 2.45) is 0 Å². The minimum atomic E-state index is 0.0822. The van der Waals surface area contributed by atoms with Crippen LogP contribution in [0.3, 0.4) is 0 Å². The predicted octanol–water partition coefficient (Wildman–Crippen LogP) is 3.12. The number of rotatable bonds is 6. The molecular formula is C21H25N7O. The van der Waals surface area contributed by atoms with E-state index in [0.29, 0.717) is 5.95 Å². The summed E-state index contributed by atoms with van der Waals surface area (Å²) in [6.45, 7) is 7.47. The molecule has 0 saturated carbocycles. The molecule has 0 aliphatic carbocycles. The van der Waals surface area contributed by atoms with Gasteiger partial charge in [-0.15, -0.1) is 5.10 Å². The van der Waals surface area contributed by atoms with E-state index in [0.717, 1.165) is 49.3 Å². The summed E-state index contributed by atoms with van der Waals surface area (Å²) in [6.07, 6.45) is 3.62. The lowest BCUT2D eigenvalue weighted by atomic mass is 10.3. The van der Waals surface area contributed by atoms with Gasteiger partial charge >= 0.3 is 0 Å². The van der Waals surface area contributed by atoms with Gasteiger partial charge < -0.3 is 19.9 Å². The normalized spacial score (nSPS) is 14.2. The zero-order valence-electron chi connectivity index (χ0n) is 16.7. The average molecular weight is 391 g/mol. The van der Waals surface area contributed by atoms with E-state index < -0.39 is 0 Å². The molecule has 1 aliphatic rings. The number of hydrogen-bond acceptors (Lipinski definition) is 8. The molecule has 1 saturated heterocycles. The summed E-state index contributed by atoms with van der Waals surface area (Å²) in [7, 11) is 0. The van der Waals surface area contributed by atoms with Crippen molar-refractivity contribution in [3.8, 4) is 5.75 Å². The zero-order valence-corrected chi connectivity index (χ0v) is 16.7. The van der Waals surface area contributed by atoms with Crippen molar-refractivity contribution in [3.05, 3.63) is 54.9 Å². The highest BCUT2D eigenvalue weighted by Crippen LogP contribution is 2.27. The molecule has 0 radical (unpaired) electrons. The lowest BCUT2D eigenvalue weighted by molar-refractivity contribution is 0.244. The fourth-order valence-electron chi connectivity index (χ4n) is 3.25. The van der Waals surface area contributed by atoms with Gasteiger partial charge in [0.2, 0.25) is 5.95 Å². The Labute approximate surface area is 170 Å². The Balaban J connectivity index is 1.44. The first kappa shape index (κ1) is 18.9. The number of benzene rings is 1. The van der Waals surface area contributed by atoms with Crippen molar-refractivity contribution in [3.63, 3.8) is 0 Å². The molecule has 1 fully saturated rings. The van der Waals surface area contributed by atoms with Crippen molar-refractivity contribution in [1.29, 1.82) is 0 Å². The van der Waals surface area contributed by atoms with E-state index in [1.54, 1.807) is 6.20 Å². The monoisotopic (exact) mass is 391 g/mol. The van der Waals surface area contributed by atoms with Crippen molar-refractivity contribution in [1.82, 2.24) is 20.2 Å². The fraction of sp³-hybridized carbons (Fsp3) is 0.333. The van der Waals surface area contributed by atoms with Gasteiger partial charge in [0.05, 0.1) is 18.0 Å². The first-order valence-corrected chi connectivity index (χ1v) is 9.82. The van der Waals surface area contributed by atoms with E-state index in [-0.39, 0.29) is 6.10 Å². The largest absolute Gasteiger partial charge is 0.489 e. The molecule has 4 rings (SSSR count). The number of hydrogen-bond donors (Lipinski definition) is 1. The topological polar surface area (TPSA) is 79.3 Å². The molecule has 29 heavy (non-hydrogen) atoms. The summed E-state index contributed by atoms with van der Waals surface area (Å²) in [5.74, 6) is 3.04. The minimum Gasteiger partial charge on any atom is -0.489 e. The van der Waals surface area contributed by atoms with E-state index >= 15 is 0 Å². The molecule has 0 atom stereocenters. The van der Waals surface area contributed by atoms with Gasteiger partial charge in [0.25, 0.3) is 0 Å². The van der Waals surface area contributed by atoms with Crippen LogP contribution in [0.1, 0.15) is 13.8 Å². The average Bonchev–Trinajstić information content (AvgIpc) is 2.76. The molecular weight excluding hydrogens is 366 g/mol. The standard InChI is InChI=1S/C21H25N7O/c1-16(2)29-18-8-4-3-7-17(18)24-21-25-20(15-23-26-21)28-13-11-27(12-14-28)19-9-5-6-10-22-19/h3-10,15-16H,11-14H2,1-2H3,(H,24,25,26). The van der Waals surface area contributed by atoms with Gasteiger partial charge in [0, 0.05) is 32.4 Å². The zero-order chi connectivity index (χ0) is 20.1.